The Morgan fingerprint density at radius 1 is 1.15 bits per heavy atom. The highest BCUT2D eigenvalue weighted by atomic mass is 35.5. The average molecular weight is 423 g/mol. The second-order valence-electron chi connectivity index (χ2n) is 7.02. The molecule has 0 radical (unpaired) electrons. The van der Waals surface area contributed by atoms with Gasteiger partial charge in [-0.05, 0) is 56.0 Å². The quantitative estimate of drug-likeness (QED) is 0.796. The maximum absolute atomic E-state index is 12.8. The minimum absolute atomic E-state index is 0. The van der Waals surface area contributed by atoms with Crippen LogP contribution in [-0.2, 0) is 4.79 Å². The van der Waals surface area contributed by atoms with Crippen LogP contribution in [0.3, 0.4) is 0 Å². The molecule has 0 spiro atoms. The van der Waals surface area contributed by atoms with Gasteiger partial charge in [-0.15, -0.1) is 24.8 Å². The number of nitrogens with zero attached hydrogens (tertiary/aromatic N) is 2. The lowest BCUT2D eigenvalue weighted by Gasteiger charge is -2.32. The Labute approximate surface area is 172 Å². The van der Waals surface area contributed by atoms with Gasteiger partial charge in [0.1, 0.15) is 12.4 Å². The number of nitrogens with one attached hydrogen (secondary N) is 1. The zero-order valence-corrected chi connectivity index (χ0v) is 17.0. The van der Waals surface area contributed by atoms with Crippen LogP contribution >= 0.6 is 36.4 Å². The van der Waals surface area contributed by atoms with Crippen molar-refractivity contribution in [3.05, 3.63) is 23.2 Å². The maximum atomic E-state index is 12.8. The van der Waals surface area contributed by atoms with Crippen molar-refractivity contribution in [3.8, 4) is 5.75 Å². The first-order valence-electron chi connectivity index (χ1n) is 8.86. The molecule has 2 atom stereocenters. The van der Waals surface area contributed by atoms with Crippen molar-refractivity contribution in [3.63, 3.8) is 0 Å². The van der Waals surface area contributed by atoms with Crippen molar-refractivity contribution >= 4 is 48.0 Å². The summed E-state index contributed by atoms with van der Waals surface area (Å²) < 4.78 is 5.67. The lowest BCUT2D eigenvalue weighted by atomic mass is 9.92. The number of hydrogen-bond acceptors (Lipinski definition) is 4. The van der Waals surface area contributed by atoms with Crippen molar-refractivity contribution in [1.29, 1.82) is 0 Å². The Morgan fingerprint density at radius 2 is 1.85 bits per heavy atom. The SMILES string of the molecule is Cl.Cl.O=C(CN1CCOc2ccc(Cl)cc21)N1CC[C@@H]2CNC[C@@H]2CC1. The minimum Gasteiger partial charge on any atom is -0.490 e. The number of anilines is 1. The van der Waals surface area contributed by atoms with Crippen LogP contribution in [0.4, 0.5) is 5.69 Å². The monoisotopic (exact) mass is 421 g/mol. The number of carbonyl (C=O) groups excluding carboxylic acids is 1. The van der Waals surface area contributed by atoms with Crippen molar-refractivity contribution in [2.45, 2.75) is 12.8 Å². The zero-order valence-electron chi connectivity index (χ0n) is 14.7. The number of benzene rings is 1. The van der Waals surface area contributed by atoms with E-state index in [1.807, 2.05) is 18.2 Å². The van der Waals surface area contributed by atoms with Gasteiger partial charge in [-0.1, -0.05) is 11.6 Å². The molecule has 8 heteroatoms. The van der Waals surface area contributed by atoms with E-state index < -0.39 is 0 Å². The van der Waals surface area contributed by atoms with Gasteiger partial charge in [-0.2, -0.15) is 0 Å². The van der Waals surface area contributed by atoms with Gasteiger partial charge in [0, 0.05) is 18.1 Å². The molecule has 2 fully saturated rings. The molecule has 5 nitrogen and oxygen atoms in total. The third kappa shape index (κ3) is 4.50. The summed E-state index contributed by atoms with van der Waals surface area (Å²) in [5.74, 6) is 2.52. The van der Waals surface area contributed by atoms with Crippen LogP contribution < -0.4 is 15.0 Å². The Morgan fingerprint density at radius 3 is 2.54 bits per heavy atom. The highest BCUT2D eigenvalue weighted by Crippen LogP contribution is 2.34. The molecule has 0 bridgehead atoms. The molecule has 3 aliphatic rings. The third-order valence-electron chi connectivity index (χ3n) is 5.58. The predicted octanol–water partition coefficient (Wildman–Crippen LogP) is 2.84. The molecule has 146 valence electrons. The number of ether oxygens (including phenoxy) is 1. The van der Waals surface area contributed by atoms with E-state index in [1.165, 1.54) is 0 Å². The predicted molar refractivity (Wildman–Crippen MR) is 109 cm³/mol. The van der Waals surface area contributed by atoms with E-state index in [1.54, 1.807) is 0 Å². The van der Waals surface area contributed by atoms with Gasteiger partial charge in [0.25, 0.3) is 0 Å². The number of hydrogen-bond donors (Lipinski definition) is 1. The van der Waals surface area contributed by atoms with Gasteiger partial charge in [0.05, 0.1) is 18.8 Å². The highest BCUT2D eigenvalue weighted by Gasteiger charge is 2.32. The van der Waals surface area contributed by atoms with Gasteiger partial charge >= 0.3 is 0 Å². The molecule has 1 aromatic carbocycles. The summed E-state index contributed by atoms with van der Waals surface area (Å²) in [5.41, 5.74) is 0.929. The molecular formula is C18H26Cl3N3O2. The fourth-order valence-electron chi connectivity index (χ4n) is 4.14. The number of amides is 1. The van der Waals surface area contributed by atoms with E-state index in [0.717, 1.165) is 68.8 Å². The number of fused-ring (bicyclic) bond motifs is 2. The third-order valence-corrected chi connectivity index (χ3v) is 5.81. The number of likely N-dealkylation sites (tertiary alicyclic amines) is 1. The number of rotatable bonds is 2. The lowest BCUT2D eigenvalue weighted by Crippen LogP contribution is -2.43. The van der Waals surface area contributed by atoms with Crippen LogP contribution in [0.25, 0.3) is 0 Å². The Bertz CT molecular complexity index is 618. The van der Waals surface area contributed by atoms with Gasteiger partial charge < -0.3 is 19.9 Å². The van der Waals surface area contributed by atoms with Crippen molar-refractivity contribution < 1.29 is 9.53 Å². The Balaban J connectivity index is 0.00000121. The normalized spacial score (nSPS) is 24.3. The molecule has 3 aliphatic heterocycles. The van der Waals surface area contributed by atoms with Crippen LogP contribution in [0.2, 0.25) is 5.02 Å². The van der Waals surface area contributed by atoms with Crippen molar-refractivity contribution in [2.75, 3.05) is 50.8 Å². The molecule has 1 N–H and O–H groups in total. The molecule has 1 amide bonds. The first-order chi connectivity index (χ1) is 11.7. The topological polar surface area (TPSA) is 44.8 Å². The van der Waals surface area contributed by atoms with Crippen molar-refractivity contribution in [2.24, 2.45) is 11.8 Å². The van der Waals surface area contributed by atoms with Crippen LogP contribution in [0.5, 0.6) is 5.75 Å². The fourth-order valence-corrected chi connectivity index (χ4v) is 4.31. The highest BCUT2D eigenvalue weighted by molar-refractivity contribution is 6.31. The first kappa shape index (κ1) is 21.4. The number of carbonyl (C=O) groups is 1. The molecule has 26 heavy (non-hydrogen) atoms. The van der Waals surface area contributed by atoms with Crippen LogP contribution in [-0.4, -0.2) is 56.7 Å². The van der Waals surface area contributed by atoms with E-state index in [2.05, 4.69) is 15.1 Å². The standard InChI is InChI=1S/C18H24ClN3O2.2ClH/c19-15-1-2-17-16(9-15)22(7-8-24-17)12-18(23)21-5-3-13-10-20-11-14(13)4-6-21;;/h1-2,9,13-14,20H,3-8,10-12H2;2*1H/t13-,14+;;. The summed E-state index contributed by atoms with van der Waals surface area (Å²) in [6.45, 7) is 5.73. The molecular weight excluding hydrogens is 397 g/mol. The van der Waals surface area contributed by atoms with Gasteiger partial charge in [-0.25, -0.2) is 0 Å². The van der Waals surface area contributed by atoms with E-state index in [9.17, 15) is 4.79 Å². The van der Waals surface area contributed by atoms with E-state index in [4.69, 9.17) is 16.3 Å². The summed E-state index contributed by atoms with van der Waals surface area (Å²) in [6, 6.07) is 5.60. The molecule has 4 rings (SSSR count). The summed E-state index contributed by atoms with van der Waals surface area (Å²) >= 11 is 6.12. The summed E-state index contributed by atoms with van der Waals surface area (Å²) in [6.07, 6.45) is 2.24. The fraction of sp³-hybridized carbons (Fsp3) is 0.611. The second kappa shape index (κ2) is 9.36. The van der Waals surface area contributed by atoms with Crippen LogP contribution in [0.15, 0.2) is 18.2 Å². The van der Waals surface area contributed by atoms with Crippen LogP contribution in [0, 0.1) is 11.8 Å². The summed E-state index contributed by atoms with van der Waals surface area (Å²) in [4.78, 5) is 17.0. The minimum atomic E-state index is 0. The average Bonchev–Trinajstić information content (AvgIpc) is 2.93. The number of halogens is 3. The summed E-state index contributed by atoms with van der Waals surface area (Å²) in [5, 5.41) is 4.15. The molecule has 0 aromatic heterocycles. The second-order valence-corrected chi connectivity index (χ2v) is 7.46. The van der Waals surface area contributed by atoms with Gasteiger partial charge in [0.15, 0.2) is 0 Å². The van der Waals surface area contributed by atoms with E-state index in [-0.39, 0.29) is 30.7 Å². The maximum Gasteiger partial charge on any atom is 0.242 e. The molecule has 0 unspecified atom stereocenters. The van der Waals surface area contributed by atoms with Gasteiger partial charge in [0.2, 0.25) is 5.91 Å². The molecule has 0 aliphatic carbocycles. The zero-order chi connectivity index (χ0) is 16.5. The largest absolute Gasteiger partial charge is 0.490 e. The van der Waals surface area contributed by atoms with Crippen LogP contribution in [0.1, 0.15) is 12.8 Å². The molecule has 0 saturated carbocycles. The van der Waals surface area contributed by atoms with E-state index in [0.29, 0.717) is 18.2 Å². The molecule has 2 saturated heterocycles. The first-order valence-corrected chi connectivity index (χ1v) is 9.24. The Kier molecular flexibility index (Phi) is 7.71. The molecule has 1 aromatic rings. The molecule has 3 heterocycles. The lowest BCUT2D eigenvalue weighted by molar-refractivity contribution is -0.129. The Hall–Kier alpha value is -0.880. The smallest absolute Gasteiger partial charge is 0.242 e. The van der Waals surface area contributed by atoms with Crippen molar-refractivity contribution in [1.82, 2.24) is 10.2 Å². The van der Waals surface area contributed by atoms with Gasteiger partial charge in [-0.3, -0.25) is 4.79 Å². The summed E-state index contributed by atoms with van der Waals surface area (Å²) in [7, 11) is 0. The van der Waals surface area contributed by atoms with E-state index >= 15 is 0 Å².